The minimum Gasteiger partial charge on any atom is -0.370 e. The van der Waals surface area contributed by atoms with Crippen LogP contribution in [0.25, 0.3) is 0 Å². The molecule has 0 aliphatic rings. The molecular formula is C13H19FN2. The van der Waals surface area contributed by atoms with Crippen molar-refractivity contribution >= 4 is 5.69 Å². The minimum atomic E-state index is -0.250. The fourth-order valence-electron chi connectivity index (χ4n) is 1.73. The van der Waals surface area contributed by atoms with Crippen molar-refractivity contribution in [1.82, 2.24) is 0 Å². The van der Waals surface area contributed by atoms with Crippen molar-refractivity contribution in [3.05, 3.63) is 41.7 Å². The van der Waals surface area contributed by atoms with E-state index in [1.54, 1.807) is 6.07 Å². The van der Waals surface area contributed by atoms with Crippen LogP contribution in [0.3, 0.4) is 0 Å². The number of nitrogens with zero attached hydrogens (tertiary/aromatic N) is 1. The van der Waals surface area contributed by atoms with E-state index in [0.29, 0.717) is 0 Å². The molecule has 0 radical (unpaired) electrons. The number of likely N-dealkylation sites (N-methyl/N-ethyl adjacent to an activating group) is 1. The van der Waals surface area contributed by atoms with E-state index in [2.05, 4.69) is 6.58 Å². The Morgan fingerprint density at radius 3 is 2.69 bits per heavy atom. The Bertz CT molecular complexity index is 386. The lowest BCUT2D eigenvalue weighted by molar-refractivity contribution is 0.622. The molecule has 88 valence electrons. The Morgan fingerprint density at radius 1 is 1.56 bits per heavy atom. The predicted molar refractivity (Wildman–Crippen MR) is 67.1 cm³/mol. The number of benzene rings is 1. The maximum Gasteiger partial charge on any atom is 0.123 e. The van der Waals surface area contributed by atoms with Gasteiger partial charge in [-0.3, -0.25) is 0 Å². The van der Waals surface area contributed by atoms with Gasteiger partial charge in [-0.1, -0.05) is 12.2 Å². The van der Waals surface area contributed by atoms with E-state index in [1.165, 1.54) is 12.1 Å². The molecule has 3 heteroatoms. The average molecular weight is 222 g/mol. The molecule has 1 atom stereocenters. The summed E-state index contributed by atoms with van der Waals surface area (Å²) in [5, 5.41) is 0. The largest absolute Gasteiger partial charge is 0.370 e. The Balaban J connectivity index is 3.07. The summed E-state index contributed by atoms with van der Waals surface area (Å²) >= 11 is 0. The van der Waals surface area contributed by atoms with E-state index in [0.717, 1.165) is 23.4 Å². The van der Waals surface area contributed by atoms with Crippen molar-refractivity contribution in [2.45, 2.75) is 19.9 Å². The first-order chi connectivity index (χ1) is 7.41. The highest BCUT2D eigenvalue weighted by Crippen LogP contribution is 2.25. The summed E-state index contributed by atoms with van der Waals surface area (Å²) in [6.45, 7) is 8.43. The van der Waals surface area contributed by atoms with Crippen LogP contribution < -0.4 is 10.6 Å². The molecule has 1 aromatic rings. The normalized spacial score (nSPS) is 12.3. The van der Waals surface area contributed by atoms with Crippen LogP contribution in [0.4, 0.5) is 10.1 Å². The Labute approximate surface area is 96.6 Å². The van der Waals surface area contributed by atoms with Gasteiger partial charge in [-0.25, -0.2) is 4.39 Å². The van der Waals surface area contributed by atoms with Gasteiger partial charge in [-0.2, -0.15) is 0 Å². The molecule has 0 bridgehead atoms. The SMILES string of the molecule is C=C(C)CN(C)c1ccc(F)cc1[C@@H](C)N. The van der Waals surface area contributed by atoms with Gasteiger partial charge >= 0.3 is 0 Å². The van der Waals surface area contributed by atoms with Crippen molar-refractivity contribution in [2.24, 2.45) is 5.73 Å². The van der Waals surface area contributed by atoms with E-state index in [1.807, 2.05) is 25.8 Å². The first-order valence-electron chi connectivity index (χ1n) is 5.32. The van der Waals surface area contributed by atoms with Crippen LogP contribution in [0.15, 0.2) is 30.4 Å². The maximum absolute atomic E-state index is 13.1. The molecule has 0 aliphatic carbocycles. The number of nitrogens with two attached hydrogens (primary N) is 1. The van der Waals surface area contributed by atoms with Crippen molar-refractivity contribution in [3.63, 3.8) is 0 Å². The molecule has 0 amide bonds. The van der Waals surface area contributed by atoms with Crippen molar-refractivity contribution in [3.8, 4) is 0 Å². The average Bonchev–Trinajstić information content (AvgIpc) is 2.16. The molecule has 0 fully saturated rings. The van der Waals surface area contributed by atoms with Gasteiger partial charge in [-0.05, 0) is 37.6 Å². The van der Waals surface area contributed by atoms with E-state index in [-0.39, 0.29) is 11.9 Å². The zero-order valence-corrected chi connectivity index (χ0v) is 10.1. The van der Waals surface area contributed by atoms with Crippen molar-refractivity contribution in [2.75, 3.05) is 18.5 Å². The number of anilines is 1. The molecule has 1 aromatic carbocycles. The van der Waals surface area contributed by atoms with E-state index in [9.17, 15) is 4.39 Å². The van der Waals surface area contributed by atoms with Gasteiger partial charge in [0.05, 0.1) is 0 Å². The molecule has 2 N–H and O–H groups in total. The molecule has 16 heavy (non-hydrogen) atoms. The molecule has 0 saturated carbocycles. The molecule has 0 saturated heterocycles. The second-order valence-corrected chi connectivity index (χ2v) is 4.30. The fourth-order valence-corrected chi connectivity index (χ4v) is 1.73. The summed E-state index contributed by atoms with van der Waals surface area (Å²) in [4.78, 5) is 2.03. The van der Waals surface area contributed by atoms with Crippen LogP contribution in [0.1, 0.15) is 25.5 Å². The zero-order valence-electron chi connectivity index (χ0n) is 10.1. The number of hydrogen-bond donors (Lipinski definition) is 1. The summed E-state index contributed by atoms with van der Waals surface area (Å²) < 4.78 is 13.1. The van der Waals surface area contributed by atoms with E-state index < -0.39 is 0 Å². The summed E-state index contributed by atoms with van der Waals surface area (Å²) in [7, 11) is 1.95. The van der Waals surface area contributed by atoms with Crippen LogP contribution in [-0.2, 0) is 0 Å². The lowest BCUT2D eigenvalue weighted by atomic mass is 10.1. The smallest absolute Gasteiger partial charge is 0.123 e. The van der Waals surface area contributed by atoms with Crippen molar-refractivity contribution in [1.29, 1.82) is 0 Å². The van der Waals surface area contributed by atoms with Gasteiger partial charge < -0.3 is 10.6 Å². The summed E-state index contributed by atoms with van der Waals surface area (Å²) in [6, 6.07) is 4.53. The van der Waals surface area contributed by atoms with E-state index >= 15 is 0 Å². The second kappa shape index (κ2) is 5.12. The van der Waals surface area contributed by atoms with Crippen LogP contribution in [0.2, 0.25) is 0 Å². The van der Waals surface area contributed by atoms with Crippen LogP contribution >= 0.6 is 0 Å². The molecule has 1 rings (SSSR count). The van der Waals surface area contributed by atoms with Crippen LogP contribution in [0, 0.1) is 5.82 Å². The highest BCUT2D eigenvalue weighted by molar-refractivity contribution is 5.55. The van der Waals surface area contributed by atoms with Crippen LogP contribution in [0.5, 0.6) is 0 Å². The number of rotatable bonds is 4. The zero-order chi connectivity index (χ0) is 12.3. The summed E-state index contributed by atoms with van der Waals surface area (Å²) in [5.41, 5.74) is 8.67. The fraction of sp³-hybridized carbons (Fsp3) is 0.385. The van der Waals surface area contributed by atoms with Gasteiger partial charge in [0.25, 0.3) is 0 Å². The molecule has 0 heterocycles. The monoisotopic (exact) mass is 222 g/mol. The third kappa shape index (κ3) is 3.07. The first-order valence-corrected chi connectivity index (χ1v) is 5.32. The first kappa shape index (κ1) is 12.7. The van der Waals surface area contributed by atoms with Gasteiger partial charge in [0.2, 0.25) is 0 Å². The Morgan fingerprint density at radius 2 is 2.19 bits per heavy atom. The lowest BCUT2D eigenvalue weighted by Gasteiger charge is -2.24. The molecule has 2 nitrogen and oxygen atoms in total. The highest BCUT2D eigenvalue weighted by atomic mass is 19.1. The summed E-state index contributed by atoms with van der Waals surface area (Å²) in [5.74, 6) is -0.250. The van der Waals surface area contributed by atoms with Gasteiger partial charge in [-0.15, -0.1) is 0 Å². The predicted octanol–water partition coefficient (Wildman–Crippen LogP) is 2.86. The van der Waals surface area contributed by atoms with Crippen molar-refractivity contribution < 1.29 is 4.39 Å². The Hall–Kier alpha value is -1.35. The molecular weight excluding hydrogens is 203 g/mol. The third-order valence-corrected chi connectivity index (χ3v) is 2.40. The lowest BCUT2D eigenvalue weighted by Crippen LogP contribution is -2.22. The quantitative estimate of drug-likeness (QED) is 0.794. The second-order valence-electron chi connectivity index (χ2n) is 4.30. The van der Waals surface area contributed by atoms with E-state index in [4.69, 9.17) is 5.73 Å². The third-order valence-electron chi connectivity index (χ3n) is 2.40. The highest BCUT2D eigenvalue weighted by Gasteiger charge is 2.11. The van der Waals surface area contributed by atoms with Gasteiger partial charge in [0.15, 0.2) is 0 Å². The molecule has 0 spiro atoms. The molecule has 0 aliphatic heterocycles. The minimum absolute atomic E-state index is 0.182. The number of halogens is 1. The topological polar surface area (TPSA) is 29.3 Å². The summed E-state index contributed by atoms with van der Waals surface area (Å²) in [6.07, 6.45) is 0. The Kier molecular flexibility index (Phi) is 4.07. The molecule has 0 unspecified atom stereocenters. The van der Waals surface area contributed by atoms with Gasteiger partial charge in [0, 0.05) is 25.3 Å². The number of hydrogen-bond acceptors (Lipinski definition) is 2. The molecule has 0 aromatic heterocycles. The maximum atomic E-state index is 13.1. The van der Waals surface area contributed by atoms with Crippen LogP contribution in [-0.4, -0.2) is 13.6 Å². The standard InChI is InChI=1S/C13H19FN2/c1-9(2)8-16(4)13-6-5-11(14)7-12(13)10(3)15/h5-7,10H,1,8,15H2,2-4H3/t10-/m1/s1. The van der Waals surface area contributed by atoms with Gasteiger partial charge in [0.1, 0.15) is 5.82 Å².